The van der Waals surface area contributed by atoms with E-state index < -0.39 is 24.5 Å². The third-order valence-corrected chi connectivity index (χ3v) is 3.23. The molecule has 0 bridgehead atoms. The van der Waals surface area contributed by atoms with Crippen LogP contribution in [0.25, 0.3) is 0 Å². The van der Waals surface area contributed by atoms with Crippen LogP contribution in [0.1, 0.15) is 35.5 Å². The van der Waals surface area contributed by atoms with Crippen LogP contribution in [0.2, 0.25) is 5.15 Å². The van der Waals surface area contributed by atoms with Crippen LogP contribution in [0.5, 0.6) is 0 Å². The van der Waals surface area contributed by atoms with Crippen LogP contribution >= 0.6 is 11.6 Å². The predicted molar refractivity (Wildman–Crippen MR) is 85.3 cm³/mol. The van der Waals surface area contributed by atoms with Crippen LogP contribution in [0.15, 0.2) is 6.07 Å². The van der Waals surface area contributed by atoms with E-state index in [0.717, 1.165) is 0 Å². The summed E-state index contributed by atoms with van der Waals surface area (Å²) in [6.07, 6.45) is 0. The van der Waals surface area contributed by atoms with Gasteiger partial charge in [0.05, 0.1) is 5.56 Å². The molecule has 0 aromatic carbocycles. The third-order valence-electron chi connectivity index (χ3n) is 2.96. The van der Waals surface area contributed by atoms with E-state index in [2.05, 4.69) is 15.6 Å². The first kappa shape index (κ1) is 18.9. The Morgan fingerprint density at radius 2 is 2.00 bits per heavy atom. The van der Waals surface area contributed by atoms with Gasteiger partial charge in [-0.25, -0.2) is 9.78 Å². The Kier molecular flexibility index (Phi) is 6.96. The molecule has 0 spiro atoms. The summed E-state index contributed by atoms with van der Waals surface area (Å²) in [7, 11) is 0. The summed E-state index contributed by atoms with van der Waals surface area (Å²) >= 11 is 5.94. The van der Waals surface area contributed by atoms with Gasteiger partial charge in [-0.15, -0.1) is 0 Å². The van der Waals surface area contributed by atoms with Gasteiger partial charge < -0.3 is 15.4 Å². The number of aryl methyl sites for hydroxylation is 2. The molecule has 0 aliphatic carbocycles. The Labute approximate surface area is 139 Å². The van der Waals surface area contributed by atoms with Crippen molar-refractivity contribution in [2.45, 2.75) is 33.7 Å². The number of pyridine rings is 1. The minimum absolute atomic E-state index is 0.0311. The normalized spacial score (nSPS) is 11.5. The number of nitrogens with one attached hydrogen (secondary N) is 2. The average molecular weight is 342 g/mol. The van der Waals surface area contributed by atoms with Crippen molar-refractivity contribution in [3.63, 3.8) is 0 Å². The topological polar surface area (TPSA) is 97.4 Å². The molecule has 8 heteroatoms. The van der Waals surface area contributed by atoms with E-state index in [1.54, 1.807) is 26.8 Å². The van der Waals surface area contributed by atoms with Crippen LogP contribution in [-0.2, 0) is 14.3 Å². The number of carbonyl (C=O) groups is 3. The second kappa shape index (κ2) is 8.47. The fourth-order valence-electron chi connectivity index (χ4n) is 1.92. The molecule has 1 rings (SSSR count). The number of hydrogen-bond acceptors (Lipinski definition) is 5. The molecular formula is C15H20ClN3O4. The zero-order valence-electron chi connectivity index (χ0n) is 13.5. The maximum Gasteiger partial charge on any atom is 0.342 e. The minimum Gasteiger partial charge on any atom is -0.452 e. The fourth-order valence-corrected chi connectivity index (χ4v) is 2.28. The standard InChI is InChI=1S/C15H20ClN3O4/c1-5-17-14(21)10(4)19-11(20)7-23-15(22)12-8(2)6-9(3)18-13(12)16/h6,10H,5,7H2,1-4H3,(H,17,21)(H,19,20)/t10-/m0/s1. The fraction of sp³-hybridized carbons (Fsp3) is 0.467. The first-order valence-corrected chi connectivity index (χ1v) is 7.52. The highest BCUT2D eigenvalue weighted by molar-refractivity contribution is 6.32. The van der Waals surface area contributed by atoms with Gasteiger partial charge in [-0.1, -0.05) is 11.6 Å². The monoisotopic (exact) mass is 341 g/mol. The summed E-state index contributed by atoms with van der Waals surface area (Å²) in [4.78, 5) is 39.2. The molecule has 0 aliphatic rings. The third kappa shape index (κ3) is 5.52. The van der Waals surface area contributed by atoms with E-state index in [1.807, 2.05) is 0 Å². The number of carbonyl (C=O) groups excluding carboxylic acids is 3. The molecule has 0 saturated heterocycles. The predicted octanol–water partition coefficient (Wildman–Crippen LogP) is 1.15. The van der Waals surface area contributed by atoms with Crippen LogP contribution < -0.4 is 10.6 Å². The molecule has 1 aromatic rings. The van der Waals surface area contributed by atoms with Gasteiger partial charge >= 0.3 is 5.97 Å². The van der Waals surface area contributed by atoms with E-state index in [4.69, 9.17) is 16.3 Å². The second-order valence-corrected chi connectivity index (χ2v) is 5.36. The molecule has 126 valence electrons. The first-order valence-electron chi connectivity index (χ1n) is 7.14. The molecule has 2 N–H and O–H groups in total. The molecule has 23 heavy (non-hydrogen) atoms. The summed E-state index contributed by atoms with van der Waals surface area (Å²) in [6.45, 7) is 6.72. The second-order valence-electron chi connectivity index (χ2n) is 5.01. The van der Waals surface area contributed by atoms with Gasteiger partial charge in [0.25, 0.3) is 5.91 Å². The number of nitrogens with zero attached hydrogens (tertiary/aromatic N) is 1. The lowest BCUT2D eigenvalue weighted by molar-refractivity contribution is -0.130. The molecule has 2 amide bonds. The maximum absolute atomic E-state index is 12.0. The lowest BCUT2D eigenvalue weighted by atomic mass is 10.1. The molecule has 0 unspecified atom stereocenters. The molecule has 0 radical (unpaired) electrons. The zero-order valence-corrected chi connectivity index (χ0v) is 14.3. The van der Waals surface area contributed by atoms with E-state index in [0.29, 0.717) is 17.8 Å². The SMILES string of the molecule is CCNC(=O)[C@H](C)NC(=O)COC(=O)c1c(C)cc(C)nc1Cl. The molecule has 7 nitrogen and oxygen atoms in total. The zero-order chi connectivity index (χ0) is 17.6. The number of likely N-dealkylation sites (N-methyl/N-ethyl adjacent to an activating group) is 1. The van der Waals surface area contributed by atoms with Crippen molar-refractivity contribution in [2.75, 3.05) is 13.2 Å². The highest BCUT2D eigenvalue weighted by atomic mass is 35.5. The van der Waals surface area contributed by atoms with E-state index in [9.17, 15) is 14.4 Å². The lowest BCUT2D eigenvalue weighted by Crippen LogP contribution is -2.46. The van der Waals surface area contributed by atoms with Gasteiger partial charge in [-0.2, -0.15) is 0 Å². The van der Waals surface area contributed by atoms with Crippen molar-refractivity contribution in [2.24, 2.45) is 0 Å². The molecule has 0 fully saturated rings. The molecule has 0 saturated carbocycles. The summed E-state index contributed by atoms with van der Waals surface area (Å²) in [5.41, 5.74) is 1.42. The summed E-state index contributed by atoms with van der Waals surface area (Å²) in [5.74, 6) is -1.62. The van der Waals surface area contributed by atoms with Gasteiger partial charge in [-0.05, 0) is 39.3 Å². The van der Waals surface area contributed by atoms with Gasteiger partial charge in [0.1, 0.15) is 11.2 Å². The number of halogens is 1. The Bertz CT molecular complexity index is 596. The Morgan fingerprint density at radius 3 is 2.57 bits per heavy atom. The Hall–Kier alpha value is -2.15. The smallest absolute Gasteiger partial charge is 0.342 e. The number of amides is 2. The van der Waals surface area contributed by atoms with Gasteiger partial charge in [0.2, 0.25) is 5.91 Å². The largest absolute Gasteiger partial charge is 0.452 e. The lowest BCUT2D eigenvalue weighted by Gasteiger charge is -2.14. The van der Waals surface area contributed by atoms with Crippen LogP contribution in [0.4, 0.5) is 0 Å². The first-order chi connectivity index (χ1) is 10.8. The van der Waals surface area contributed by atoms with Crippen molar-refractivity contribution in [1.82, 2.24) is 15.6 Å². The van der Waals surface area contributed by atoms with Crippen molar-refractivity contribution in [1.29, 1.82) is 0 Å². The molecule has 1 aromatic heterocycles. The minimum atomic E-state index is -0.735. The van der Waals surface area contributed by atoms with E-state index in [-0.39, 0.29) is 16.6 Å². The quantitative estimate of drug-likeness (QED) is 0.597. The highest BCUT2D eigenvalue weighted by Crippen LogP contribution is 2.19. The van der Waals surface area contributed by atoms with E-state index >= 15 is 0 Å². The number of ether oxygens (including phenoxy) is 1. The molecule has 1 atom stereocenters. The number of esters is 1. The maximum atomic E-state index is 12.0. The number of rotatable bonds is 6. The number of hydrogen-bond donors (Lipinski definition) is 2. The van der Waals surface area contributed by atoms with Crippen molar-refractivity contribution >= 4 is 29.4 Å². The van der Waals surface area contributed by atoms with Gasteiger partial charge in [0, 0.05) is 12.2 Å². The van der Waals surface area contributed by atoms with Gasteiger partial charge in [0.15, 0.2) is 6.61 Å². The van der Waals surface area contributed by atoms with Gasteiger partial charge in [-0.3, -0.25) is 9.59 Å². The number of aromatic nitrogens is 1. The van der Waals surface area contributed by atoms with Crippen LogP contribution in [0, 0.1) is 13.8 Å². The molecule has 1 heterocycles. The van der Waals surface area contributed by atoms with Crippen LogP contribution in [-0.4, -0.2) is 42.0 Å². The summed E-state index contributed by atoms with van der Waals surface area (Å²) < 4.78 is 4.92. The Morgan fingerprint density at radius 1 is 1.35 bits per heavy atom. The van der Waals surface area contributed by atoms with Crippen molar-refractivity contribution in [3.05, 3.63) is 28.0 Å². The average Bonchev–Trinajstić information content (AvgIpc) is 2.44. The summed E-state index contributed by atoms with van der Waals surface area (Å²) in [5, 5.41) is 5.04. The summed E-state index contributed by atoms with van der Waals surface area (Å²) in [6, 6.07) is 0.979. The van der Waals surface area contributed by atoms with Crippen molar-refractivity contribution in [3.8, 4) is 0 Å². The van der Waals surface area contributed by atoms with E-state index in [1.165, 1.54) is 6.92 Å². The molecule has 0 aliphatic heterocycles. The Balaban J connectivity index is 2.60. The molecular weight excluding hydrogens is 322 g/mol. The van der Waals surface area contributed by atoms with Crippen LogP contribution in [0.3, 0.4) is 0 Å². The highest BCUT2D eigenvalue weighted by Gasteiger charge is 2.19. The van der Waals surface area contributed by atoms with Crippen molar-refractivity contribution < 1.29 is 19.1 Å².